The number of benzene rings is 1. The van der Waals surface area contributed by atoms with Crippen molar-refractivity contribution < 1.29 is 0 Å². The molecule has 16 heavy (non-hydrogen) atoms. The van der Waals surface area contributed by atoms with Gasteiger partial charge in [0.1, 0.15) is 0 Å². The summed E-state index contributed by atoms with van der Waals surface area (Å²) < 4.78 is 0. The first kappa shape index (κ1) is 10.3. The van der Waals surface area contributed by atoms with E-state index in [9.17, 15) is 0 Å². The summed E-state index contributed by atoms with van der Waals surface area (Å²) in [5.74, 6) is 0.759. The summed E-state index contributed by atoms with van der Waals surface area (Å²) in [5.41, 5.74) is 3.55. The molecule has 1 saturated heterocycles. The van der Waals surface area contributed by atoms with E-state index in [0.29, 0.717) is 5.41 Å². The van der Waals surface area contributed by atoms with Crippen LogP contribution in [0.25, 0.3) is 0 Å². The van der Waals surface area contributed by atoms with Crippen LogP contribution < -0.4 is 5.32 Å². The molecule has 1 aromatic carbocycles. The van der Waals surface area contributed by atoms with Gasteiger partial charge >= 0.3 is 0 Å². The van der Waals surface area contributed by atoms with Crippen molar-refractivity contribution in [3.8, 4) is 0 Å². The fraction of sp³-hybridized carbons (Fsp3) is 0.600. The molecule has 0 unspecified atom stereocenters. The summed E-state index contributed by atoms with van der Waals surface area (Å²) in [5, 5.41) is 3.62. The first-order valence-corrected chi connectivity index (χ1v) is 6.57. The minimum atomic E-state index is 0.591. The standard InChI is InChI=1S/C15H21N/c1-12-5-4-6-13(9-12)14-10-16-11-15(14)7-2-3-8-15/h4-6,9,14,16H,2-3,7-8,10-11H2,1H3/t14-/m1/s1. The van der Waals surface area contributed by atoms with Crippen molar-refractivity contribution in [2.24, 2.45) is 5.41 Å². The van der Waals surface area contributed by atoms with Crippen molar-refractivity contribution in [3.63, 3.8) is 0 Å². The molecule has 86 valence electrons. The monoisotopic (exact) mass is 215 g/mol. The van der Waals surface area contributed by atoms with Crippen LogP contribution in [-0.4, -0.2) is 13.1 Å². The van der Waals surface area contributed by atoms with E-state index >= 15 is 0 Å². The van der Waals surface area contributed by atoms with Crippen molar-refractivity contribution in [1.82, 2.24) is 5.32 Å². The van der Waals surface area contributed by atoms with Gasteiger partial charge < -0.3 is 5.32 Å². The minimum Gasteiger partial charge on any atom is -0.316 e. The molecule has 1 atom stereocenters. The smallest absolute Gasteiger partial charge is 0.00321 e. The maximum Gasteiger partial charge on any atom is 0.00321 e. The van der Waals surface area contributed by atoms with Crippen LogP contribution in [0.15, 0.2) is 24.3 Å². The Labute approximate surface area is 98.3 Å². The van der Waals surface area contributed by atoms with E-state index in [2.05, 4.69) is 36.5 Å². The van der Waals surface area contributed by atoms with Gasteiger partial charge in [0.05, 0.1) is 0 Å². The number of hydrogen-bond acceptors (Lipinski definition) is 1. The molecule has 1 spiro atoms. The second-order valence-electron chi connectivity index (χ2n) is 5.67. The van der Waals surface area contributed by atoms with Crippen LogP contribution in [0.5, 0.6) is 0 Å². The molecule has 0 bridgehead atoms. The largest absolute Gasteiger partial charge is 0.316 e. The molecule has 1 aliphatic carbocycles. The lowest BCUT2D eigenvalue weighted by atomic mass is 9.73. The van der Waals surface area contributed by atoms with Gasteiger partial charge in [-0.1, -0.05) is 42.7 Å². The molecule has 2 fully saturated rings. The quantitative estimate of drug-likeness (QED) is 0.758. The lowest BCUT2D eigenvalue weighted by Crippen LogP contribution is -2.25. The first-order chi connectivity index (χ1) is 7.80. The molecule has 3 rings (SSSR count). The van der Waals surface area contributed by atoms with Gasteiger partial charge in [0, 0.05) is 19.0 Å². The normalized spacial score (nSPS) is 27.7. The molecule has 1 aliphatic heterocycles. The zero-order valence-corrected chi connectivity index (χ0v) is 10.1. The third-order valence-electron chi connectivity index (χ3n) is 4.61. The second kappa shape index (κ2) is 3.89. The van der Waals surface area contributed by atoms with Gasteiger partial charge in [0.25, 0.3) is 0 Å². The van der Waals surface area contributed by atoms with E-state index in [1.807, 2.05) is 0 Å². The predicted molar refractivity (Wildman–Crippen MR) is 67.7 cm³/mol. The van der Waals surface area contributed by atoms with Crippen LogP contribution in [-0.2, 0) is 0 Å². The fourth-order valence-electron chi connectivity index (χ4n) is 3.77. The second-order valence-corrected chi connectivity index (χ2v) is 5.67. The Morgan fingerprint density at radius 1 is 1.25 bits per heavy atom. The van der Waals surface area contributed by atoms with Gasteiger partial charge in [-0.3, -0.25) is 0 Å². The molecule has 0 aromatic heterocycles. The van der Waals surface area contributed by atoms with E-state index in [1.165, 1.54) is 44.3 Å². The average molecular weight is 215 g/mol. The Hall–Kier alpha value is -0.820. The maximum absolute atomic E-state index is 3.62. The number of nitrogens with one attached hydrogen (secondary N) is 1. The van der Waals surface area contributed by atoms with Crippen molar-refractivity contribution in [1.29, 1.82) is 0 Å². The summed E-state index contributed by atoms with van der Waals surface area (Å²) in [6, 6.07) is 9.13. The Kier molecular flexibility index (Phi) is 2.51. The van der Waals surface area contributed by atoms with Crippen molar-refractivity contribution in [2.45, 2.75) is 38.5 Å². The SMILES string of the molecule is Cc1cccc([C@H]2CNCC23CCCC3)c1. The molecule has 0 amide bonds. The highest BCUT2D eigenvalue weighted by Gasteiger charge is 2.45. The highest BCUT2D eigenvalue weighted by atomic mass is 14.9. The summed E-state index contributed by atoms with van der Waals surface area (Å²) in [6.07, 6.45) is 5.73. The van der Waals surface area contributed by atoms with Gasteiger partial charge in [-0.25, -0.2) is 0 Å². The molecule has 1 saturated carbocycles. The molecule has 2 aliphatic rings. The van der Waals surface area contributed by atoms with Crippen LogP contribution in [0.3, 0.4) is 0 Å². The Morgan fingerprint density at radius 3 is 2.81 bits per heavy atom. The zero-order chi connectivity index (χ0) is 11.0. The van der Waals surface area contributed by atoms with E-state index in [4.69, 9.17) is 0 Å². The van der Waals surface area contributed by atoms with Crippen LogP contribution >= 0.6 is 0 Å². The lowest BCUT2D eigenvalue weighted by Gasteiger charge is -2.30. The molecule has 0 radical (unpaired) electrons. The van der Waals surface area contributed by atoms with E-state index < -0.39 is 0 Å². The molecule has 1 aromatic rings. The van der Waals surface area contributed by atoms with Crippen LogP contribution in [0.1, 0.15) is 42.7 Å². The van der Waals surface area contributed by atoms with Gasteiger partial charge in [0.15, 0.2) is 0 Å². The third kappa shape index (κ3) is 1.58. The summed E-state index contributed by atoms with van der Waals surface area (Å²) in [6.45, 7) is 4.63. The topological polar surface area (TPSA) is 12.0 Å². The van der Waals surface area contributed by atoms with E-state index in [-0.39, 0.29) is 0 Å². The number of rotatable bonds is 1. The van der Waals surface area contributed by atoms with E-state index in [1.54, 1.807) is 5.56 Å². The molecular formula is C15H21N. The van der Waals surface area contributed by atoms with Crippen LogP contribution in [0, 0.1) is 12.3 Å². The predicted octanol–water partition coefficient (Wildman–Crippen LogP) is 3.24. The van der Waals surface area contributed by atoms with Gasteiger partial charge in [0.2, 0.25) is 0 Å². The highest BCUT2D eigenvalue weighted by Crippen LogP contribution is 2.50. The van der Waals surface area contributed by atoms with Crippen molar-refractivity contribution in [3.05, 3.63) is 35.4 Å². The van der Waals surface area contributed by atoms with Gasteiger partial charge in [-0.05, 0) is 30.7 Å². The maximum atomic E-state index is 3.62. The molecule has 1 heterocycles. The Morgan fingerprint density at radius 2 is 2.06 bits per heavy atom. The Bertz CT molecular complexity index is 371. The van der Waals surface area contributed by atoms with Gasteiger partial charge in [-0.15, -0.1) is 0 Å². The molecule has 1 N–H and O–H groups in total. The average Bonchev–Trinajstić information content (AvgIpc) is 2.90. The Balaban J connectivity index is 1.94. The fourth-order valence-corrected chi connectivity index (χ4v) is 3.77. The third-order valence-corrected chi connectivity index (χ3v) is 4.61. The minimum absolute atomic E-state index is 0.591. The van der Waals surface area contributed by atoms with Crippen LogP contribution in [0.4, 0.5) is 0 Å². The summed E-state index contributed by atoms with van der Waals surface area (Å²) >= 11 is 0. The van der Waals surface area contributed by atoms with Crippen molar-refractivity contribution in [2.75, 3.05) is 13.1 Å². The van der Waals surface area contributed by atoms with Gasteiger partial charge in [-0.2, -0.15) is 0 Å². The summed E-state index contributed by atoms with van der Waals surface area (Å²) in [4.78, 5) is 0. The van der Waals surface area contributed by atoms with Crippen molar-refractivity contribution >= 4 is 0 Å². The number of aryl methyl sites for hydroxylation is 1. The molecule has 1 heteroatoms. The highest BCUT2D eigenvalue weighted by molar-refractivity contribution is 5.29. The molecular weight excluding hydrogens is 194 g/mol. The zero-order valence-electron chi connectivity index (χ0n) is 10.1. The number of hydrogen-bond donors (Lipinski definition) is 1. The van der Waals surface area contributed by atoms with Crippen LogP contribution in [0.2, 0.25) is 0 Å². The lowest BCUT2D eigenvalue weighted by molar-refractivity contribution is 0.295. The van der Waals surface area contributed by atoms with E-state index in [0.717, 1.165) is 5.92 Å². The molecule has 1 nitrogen and oxygen atoms in total. The summed E-state index contributed by atoms with van der Waals surface area (Å²) in [7, 11) is 0. The first-order valence-electron chi connectivity index (χ1n) is 6.57.